The fraction of sp³-hybridized carbons (Fsp3) is 0.100. The van der Waals surface area contributed by atoms with Gasteiger partial charge in [0.25, 0.3) is 5.91 Å². The minimum Gasteiger partial charge on any atom is -0.506 e. The maximum atomic E-state index is 12.6. The second kappa shape index (κ2) is 7.72. The van der Waals surface area contributed by atoms with Crippen molar-refractivity contribution in [1.82, 2.24) is 5.32 Å². The monoisotopic (exact) mass is 384 g/mol. The first-order valence-corrected chi connectivity index (χ1v) is 8.89. The molecule has 0 unspecified atom stereocenters. The highest BCUT2D eigenvalue weighted by Crippen LogP contribution is 2.26. The zero-order valence-corrected chi connectivity index (χ0v) is 15.6. The first kappa shape index (κ1) is 18.2. The molecule has 0 spiro atoms. The van der Waals surface area contributed by atoms with Crippen LogP contribution in [0.2, 0.25) is 5.02 Å². The highest BCUT2D eigenvalue weighted by Gasteiger charge is 2.13. The quantitative estimate of drug-likeness (QED) is 0.444. The molecule has 4 nitrogen and oxygen atoms in total. The van der Waals surface area contributed by atoms with Gasteiger partial charge in [-0.05, 0) is 53.9 Å². The van der Waals surface area contributed by atoms with Crippen LogP contribution >= 0.6 is 23.8 Å². The minimum atomic E-state index is -0.346. The number of carbonyl (C=O) groups is 1. The minimum absolute atomic E-state index is 0.0655. The van der Waals surface area contributed by atoms with Crippen molar-refractivity contribution in [3.05, 3.63) is 70.7 Å². The van der Waals surface area contributed by atoms with E-state index in [1.165, 1.54) is 0 Å². The van der Waals surface area contributed by atoms with Crippen LogP contribution < -0.4 is 10.6 Å². The third kappa shape index (κ3) is 3.79. The van der Waals surface area contributed by atoms with Gasteiger partial charge in [0.15, 0.2) is 5.11 Å². The van der Waals surface area contributed by atoms with Crippen LogP contribution in [0.25, 0.3) is 10.8 Å². The maximum Gasteiger partial charge on any atom is 0.258 e. The molecule has 0 saturated heterocycles. The second-order valence-corrected chi connectivity index (χ2v) is 6.57. The highest BCUT2D eigenvalue weighted by molar-refractivity contribution is 7.80. The number of anilines is 1. The summed E-state index contributed by atoms with van der Waals surface area (Å²) in [4.78, 5) is 12.6. The summed E-state index contributed by atoms with van der Waals surface area (Å²) in [5, 5.41) is 17.7. The Hall–Kier alpha value is -2.63. The average molecular weight is 385 g/mol. The lowest BCUT2D eigenvalue weighted by Crippen LogP contribution is -2.34. The number of aromatic hydroxyl groups is 1. The predicted octanol–water partition coefficient (Wildman–Crippen LogP) is 4.89. The second-order valence-electron chi connectivity index (χ2n) is 5.75. The molecule has 0 atom stereocenters. The largest absolute Gasteiger partial charge is 0.506 e. The lowest BCUT2D eigenvalue weighted by atomic mass is 10.0. The van der Waals surface area contributed by atoms with Crippen LogP contribution in [0.3, 0.4) is 0 Å². The van der Waals surface area contributed by atoms with E-state index < -0.39 is 0 Å². The molecule has 3 rings (SSSR count). The number of rotatable bonds is 3. The molecular weight excluding hydrogens is 368 g/mol. The maximum absolute atomic E-state index is 12.6. The molecule has 26 heavy (non-hydrogen) atoms. The van der Waals surface area contributed by atoms with Crippen LogP contribution in [0.5, 0.6) is 5.75 Å². The molecule has 3 aromatic carbocycles. The van der Waals surface area contributed by atoms with Crippen LogP contribution in [0.1, 0.15) is 22.8 Å². The van der Waals surface area contributed by atoms with Crippen molar-refractivity contribution >= 4 is 51.3 Å². The Morgan fingerprint density at radius 1 is 1.12 bits per heavy atom. The lowest BCUT2D eigenvalue weighted by Gasteiger charge is -2.13. The molecule has 3 N–H and O–H groups in total. The van der Waals surface area contributed by atoms with Gasteiger partial charge in [-0.15, -0.1) is 0 Å². The molecule has 0 aliphatic carbocycles. The van der Waals surface area contributed by atoms with Gasteiger partial charge in [0, 0.05) is 16.0 Å². The van der Waals surface area contributed by atoms with Crippen molar-refractivity contribution in [1.29, 1.82) is 0 Å². The smallest absolute Gasteiger partial charge is 0.258 e. The molecule has 1 amide bonds. The van der Waals surface area contributed by atoms with Gasteiger partial charge in [0.1, 0.15) is 5.75 Å². The molecule has 0 saturated carbocycles. The third-order valence-corrected chi connectivity index (χ3v) is 4.59. The number of phenolic OH excluding ortho intramolecular Hbond substituents is 1. The fourth-order valence-corrected chi connectivity index (χ4v) is 3.14. The molecule has 0 aromatic heterocycles. The van der Waals surface area contributed by atoms with E-state index in [0.29, 0.717) is 16.3 Å². The number of hydrogen-bond acceptors (Lipinski definition) is 3. The summed E-state index contributed by atoms with van der Waals surface area (Å²) in [6, 6.07) is 16.0. The van der Waals surface area contributed by atoms with E-state index in [2.05, 4.69) is 10.6 Å². The standard InChI is InChI=1S/C20H17ClN2O2S/c1-2-12-9-10-18(24)17(11-12)22-20(26)23-19(25)15-7-3-6-14-13(15)5-4-8-16(14)21/h3-11,24H,2H2,1H3,(H2,22,23,25,26). The topological polar surface area (TPSA) is 61.4 Å². The Bertz CT molecular complexity index is 1000. The molecule has 0 aliphatic rings. The number of nitrogens with one attached hydrogen (secondary N) is 2. The molecule has 132 valence electrons. The Morgan fingerprint density at radius 3 is 2.62 bits per heavy atom. The van der Waals surface area contributed by atoms with Gasteiger partial charge >= 0.3 is 0 Å². The highest BCUT2D eigenvalue weighted by atomic mass is 35.5. The van der Waals surface area contributed by atoms with Gasteiger partial charge in [0.2, 0.25) is 0 Å². The molecule has 0 radical (unpaired) electrons. The van der Waals surface area contributed by atoms with Crippen molar-refractivity contribution in [2.75, 3.05) is 5.32 Å². The molecule has 0 aliphatic heterocycles. The third-order valence-electron chi connectivity index (χ3n) is 4.06. The number of phenols is 1. The van der Waals surface area contributed by atoms with Gasteiger partial charge in [-0.1, -0.05) is 48.9 Å². The van der Waals surface area contributed by atoms with E-state index in [-0.39, 0.29) is 16.8 Å². The molecule has 3 aromatic rings. The summed E-state index contributed by atoms with van der Waals surface area (Å²) in [6.45, 7) is 2.02. The summed E-state index contributed by atoms with van der Waals surface area (Å²) in [6.07, 6.45) is 0.824. The Balaban J connectivity index is 1.80. The summed E-state index contributed by atoms with van der Waals surface area (Å²) in [5.74, 6) is -0.280. The summed E-state index contributed by atoms with van der Waals surface area (Å²) >= 11 is 11.4. The summed E-state index contributed by atoms with van der Waals surface area (Å²) in [7, 11) is 0. The Morgan fingerprint density at radius 2 is 1.85 bits per heavy atom. The van der Waals surface area contributed by atoms with Crippen LogP contribution in [-0.2, 0) is 6.42 Å². The van der Waals surface area contributed by atoms with Crippen molar-refractivity contribution in [3.63, 3.8) is 0 Å². The number of hydrogen-bond donors (Lipinski definition) is 3. The number of benzene rings is 3. The number of aryl methyl sites for hydroxylation is 1. The Labute approximate surface area is 161 Å². The van der Waals surface area contributed by atoms with Crippen LogP contribution in [-0.4, -0.2) is 16.1 Å². The molecule has 6 heteroatoms. The SMILES string of the molecule is CCc1ccc(O)c(NC(=S)NC(=O)c2cccc3c(Cl)cccc23)c1. The zero-order chi connectivity index (χ0) is 18.7. The zero-order valence-electron chi connectivity index (χ0n) is 14.0. The van der Waals surface area contributed by atoms with Crippen molar-refractivity contribution < 1.29 is 9.90 Å². The van der Waals surface area contributed by atoms with Crippen LogP contribution in [0, 0.1) is 0 Å². The van der Waals surface area contributed by atoms with E-state index >= 15 is 0 Å². The number of halogens is 1. The molecule has 0 fully saturated rings. The van der Waals surface area contributed by atoms with E-state index in [9.17, 15) is 9.90 Å². The lowest BCUT2D eigenvalue weighted by molar-refractivity contribution is 0.0979. The number of fused-ring (bicyclic) bond motifs is 1. The predicted molar refractivity (Wildman–Crippen MR) is 110 cm³/mol. The number of carbonyl (C=O) groups excluding carboxylic acids is 1. The van der Waals surface area contributed by atoms with Crippen LogP contribution in [0.4, 0.5) is 5.69 Å². The van der Waals surface area contributed by atoms with Gasteiger partial charge in [-0.3, -0.25) is 10.1 Å². The summed E-state index contributed by atoms with van der Waals surface area (Å²) < 4.78 is 0. The number of amides is 1. The van der Waals surface area contributed by atoms with Crippen molar-refractivity contribution in [3.8, 4) is 5.75 Å². The van der Waals surface area contributed by atoms with Crippen LogP contribution in [0.15, 0.2) is 54.6 Å². The molecular formula is C20H17ClN2O2S. The van der Waals surface area contributed by atoms with E-state index in [1.807, 2.05) is 25.1 Å². The normalized spacial score (nSPS) is 10.5. The van der Waals surface area contributed by atoms with Gasteiger partial charge in [-0.2, -0.15) is 0 Å². The van der Waals surface area contributed by atoms with Gasteiger partial charge in [-0.25, -0.2) is 0 Å². The first-order valence-electron chi connectivity index (χ1n) is 8.11. The van der Waals surface area contributed by atoms with E-state index in [1.54, 1.807) is 36.4 Å². The van der Waals surface area contributed by atoms with Crippen molar-refractivity contribution in [2.24, 2.45) is 0 Å². The fourth-order valence-electron chi connectivity index (χ4n) is 2.70. The van der Waals surface area contributed by atoms with E-state index in [4.69, 9.17) is 23.8 Å². The average Bonchev–Trinajstić information content (AvgIpc) is 2.63. The number of thiocarbonyl (C=S) groups is 1. The van der Waals surface area contributed by atoms with Gasteiger partial charge < -0.3 is 10.4 Å². The van der Waals surface area contributed by atoms with Crippen molar-refractivity contribution in [2.45, 2.75) is 13.3 Å². The Kier molecular flexibility index (Phi) is 5.40. The molecule has 0 heterocycles. The summed E-state index contributed by atoms with van der Waals surface area (Å²) in [5.41, 5.74) is 1.97. The molecule has 0 bridgehead atoms. The first-order chi connectivity index (χ1) is 12.5. The van der Waals surface area contributed by atoms with E-state index in [0.717, 1.165) is 22.8 Å². The van der Waals surface area contributed by atoms with Gasteiger partial charge in [0.05, 0.1) is 5.69 Å².